The Balaban J connectivity index is 1.77. The summed E-state index contributed by atoms with van der Waals surface area (Å²) in [6.07, 6.45) is 5.35. The van der Waals surface area contributed by atoms with Crippen molar-refractivity contribution in [1.82, 2.24) is 29.6 Å². The summed E-state index contributed by atoms with van der Waals surface area (Å²) in [7, 11) is 0.266. The number of methoxy groups -OCH3 is 3. The Kier molecular flexibility index (Phi) is 9.20. The van der Waals surface area contributed by atoms with Crippen molar-refractivity contribution in [2.24, 2.45) is 0 Å². The Labute approximate surface area is 233 Å². The first-order valence-corrected chi connectivity index (χ1v) is 14.5. The first-order chi connectivity index (χ1) is 19.2. The molecule has 1 fully saturated rings. The maximum Gasteiger partial charge on any atom is 0.243 e. The van der Waals surface area contributed by atoms with E-state index in [4.69, 9.17) is 14.2 Å². The normalized spacial score (nSPS) is 15.8. The Bertz CT molecular complexity index is 1410. The second kappa shape index (κ2) is 12.6. The fraction of sp³-hybridized carbons (Fsp3) is 0.500. The minimum atomic E-state index is -4.13. The lowest BCUT2D eigenvalue weighted by atomic mass is 10.2. The van der Waals surface area contributed by atoms with E-state index in [2.05, 4.69) is 24.9 Å². The molecule has 14 heteroatoms. The molecule has 4 rings (SSSR count). The predicted molar refractivity (Wildman–Crippen MR) is 147 cm³/mol. The summed E-state index contributed by atoms with van der Waals surface area (Å²) >= 11 is 0. The molecule has 0 spiro atoms. The summed E-state index contributed by atoms with van der Waals surface area (Å²) in [5.74, 6) is 1.30. The molecule has 1 N–H and O–H groups in total. The lowest BCUT2D eigenvalue weighted by molar-refractivity contribution is -0.131. The molecule has 2 aromatic heterocycles. The van der Waals surface area contributed by atoms with Crippen molar-refractivity contribution in [3.63, 3.8) is 0 Å². The zero-order valence-electron chi connectivity index (χ0n) is 23.3. The second-order valence-corrected chi connectivity index (χ2v) is 11.6. The van der Waals surface area contributed by atoms with E-state index in [0.717, 1.165) is 24.8 Å². The van der Waals surface area contributed by atoms with Gasteiger partial charge in [0.05, 0.1) is 20.8 Å². The Morgan fingerprint density at radius 1 is 1.02 bits per heavy atom. The molecule has 3 heterocycles. The SMILES string of the molecule is COc1cccc(OC)c1-n1c(CN2CCCCCC2=O)nnc1NS(=O)(=O)C(C)C(OC)c1ncc(C)cn1. The van der Waals surface area contributed by atoms with Crippen LogP contribution in [-0.4, -0.2) is 77.1 Å². The molecule has 2 unspecified atom stereocenters. The topological polar surface area (TPSA) is 151 Å². The van der Waals surface area contributed by atoms with E-state index in [0.29, 0.717) is 36.0 Å². The van der Waals surface area contributed by atoms with Gasteiger partial charge < -0.3 is 19.1 Å². The number of sulfonamides is 1. The maximum absolute atomic E-state index is 13.7. The van der Waals surface area contributed by atoms with Crippen molar-refractivity contribution in [3.05, 3.63) is 47.8 Å². The van der Waals surface area contributed by atoms with Crippen molar-refractivity contribution in [3.8, 4) is 17.2 Å². The van der Waals surface area contributed by atoms with Crippen LogP contribution in [-0.2, 0) is 26.1 Å². The summed E-state index contributed by atoms with van der Waals surface area (Å²) < 4.78 is 48.2. The molecule has 1 aliphatic heterocycles. The van der Waals surface area contributed by atoms with Crippen LogP contribution in [0.1, 0.15) is 55.9 Å². The third kappa shape index (κ3) is 6.17. The van der Waals surface area contributed by atoms with E-state index in [-0.39, 0.29) is 24.2 Å². The summed E-state index contributed by atoms with van der Waals surface area (Å²) in [4.78, 5) is 23.0. The summed E-state index contributed by atoms with van der Waals surface area (Å²) in [5, 5.41) is 7.39. The molecule has 0 bridgehead atoms. The zero-order valence-corrected chi connectivity index (χ0v) is 24.1. The number of aromatic nitrogens is 5. The van der Waals surface area contributed by atoms with Gasteiger partial charge >= 0.3 is 0 Å². The van der Waals surface area contributed by atoms with Gasteiger partial charge in [0.25, 0.3) is 0 Å². The number of hydrogen-bond donors (Lipinski definition) is 1. The number of likely N-dealkylation sites (tertiary alicyclic amines) is 1. The fourth-order valence-electron chi connectivity index (χ4n) is 4.59. The lowest BCUT2D eigenvalue weighted by Gasteiger charge is -2.24. The zero-order chi connectivity index (χ0) is 28.9. The third-order valence-electron chi connectivity index (χ3n) is 6.82. The number of para-hydroxylation sites is 1. The van der Waals surface area contributed by atoms with Crippen LogP contribution in [0.15, 0.2) is 30.6 Å². The number of hydrogen-bond acceptors (Lipinski definition) is 10. The number of ether oxygens (including phenoxy) is 3. The number of benzene rings is 1. The van der Waals surface area contributed by atoms with Gasteiger partial charge in [0.15, 0.2) is 11.6 Å². The molecule has 3 aromatic rings. The molecular weight excluding hydrogens is 538 g/mol. The van der Waals surface area contributed by atoms with Crippen LogP contribution in [0.4, 0.5) is 5.95 Å². The van der Waals surface area contributed by atoms with Crippen molar-refractivity contribution < 1.29 is 27.4 Å². The molecule has 1 saturated heterocycles. The van der Waals surface area contributed by atoms with Gasteiger partial charge in [0.1, 0.15) is 28.5 Å². The first kappa shape index (κ1) is 29.2. The number of aryl methyl sites for hydroxylation is 1. The lowest BCUT2D eigenvalue weighted by Crippen LogP contribution is -2.34. The Hall–Kier alpha value is -3.78. The van der Waals surface area contributed by atoms with Gasteiger partial charge in [-0.05, 0) is 44.4 Å². The monoisotopic (exact) mass is 573 g/mol. The van der Waals surface area contributed by atoms with E-state index in [1.807, 2.05) is 6.92 Å². The molecule has 1 amide bonds. The van der Waals surface area contributed by atoms with Gasteiger partial charge in [-0.1, -0.05) is 12.5 Å². The van der Waals surface area contributed by atoms with Crippen LogP contribution >= 0.6 is 0 Å². The molecule has 0 radical (unpaired) electrons. The van der Waals surface area contributed by atoms with Crippen molar-refractivity contribution >= 4 is 21.9 Å². The van der Waals surface area contributed by atoms with E-state index in [1.54, 1.807) is 35.5 Å². The van der Waals surface area contributed by atoms with Gasteiger partial charge in [0.2, 0.25) is 21.9 Å². The maximum atomic E-state index is 13.7. The Morgan fingerprint density at radius 3 is 2.33 bits per heavy atom. The third-order valence-corrected chi connectivity index (χ3v) is 8.51. The van der Waals surface area contributed by atoms with Crippen LogP contribution in [0.25, 0.3) is 5.69 Å². The van der Waals surface area contributed by atoms with Crippen LogP contribution in [0.3, 0.4) is 0 Å². The standard InChI is InChI=1S/C26H35N7O6S/c1-17-14-27-25(28-15-17)24(39-5)18(2)40(35,36)31-26-30-29-21(16-32-13-8-6-7-12-22(32)34)33(26)23-19(37-3)10-9-11-20(23)38-4/h9-11,14-15,18,24H,6-8,12-13,16H2,1-5H3,(H,30,31). The predicted octanol–water partition coefficient (Wildman–Crippen LogP) is 2.80. The van der Waals surface area contributed by atoms with Gasteiger partial charge in [-0.15, -0.1) is 10.2 Å². The number of carbonyl (C=O) groups is 1. The molecule has 216 valence electrons. The molecule has 40 heavy (non-hydrogen) atoms. The van der Waals surface area contributed by atoms with Gasteiger partial charge in [-0.25, -0.2) is 18.4 Å². The quantitative estimate of drug-likeness (QED) is 0.363. The molecule has 0 aliphatic carbocycles. The average Bonchev–Trinajstić information content (AvgIpc) is 3.20. The Morgan fingerprint density at radius 2 is 1.70 bits per heavy atom. The molecular formula is C26H35N7O6S. The minimum Gasteiger partial charge on any atom is -0.494 e. The van der Waals surface area contributed by atoms with Crippen molar-refractivity contribution in [1.29, 1.82) is 0 Å². The van der Waals surface area contributed by atoms with Gasteiger partial charge in [0, 0.05) is 32.5 Å². The number of amides is 1. The minimum absolute atomic E-state index is 0.0100. The smallest absolute Gasteiger partial charge is 0.243 e. The number of rotatable bonds is 11. The van der Waals surface area contributed by atoms with E-state index in [9.17, 15) is 13.2 Å². The largest absolute Gasteiger partial charge is 0.494 e. The summed E-state index contributed by atoms with van der Waals surface area (Å²) in [6.45, 7) is 4.03. The molecule has 1 aromatic carbocycles. The van der Waals surface area contributed by atoms with Crippen LogP contribution < -0.4 is 14.2 Å². The molecule has 13 nitrogen and oxygen atoms in total. The van der Waals surface area contributed by atoms with Crippen LogP contribution in [0.2, 0.25) is 0 Å². The highest BCUT2D eigenvalue weighted by Crippen LogP contribution is 2.36. The number of nitrogens with one attached hydrogen (secondary N) is 1. The van der Waals surface area contributed by atoms with E-state index >= 15 is 0 Å². The van der Waals surface area contributed by atoms with Crippen molar-refractivity contribution in [2.75, 3.05) is 32.6 Å². The number of carbonyl (C=O) groups excluding carboxylic acids is 1. The summed E-state index contributed by atoms with van der Waals surface area (Å²) in [6, 6.07) is 5.19. The number of anilines is 1. The molecule has 2 atom stereocenters. The van der Waals surface area contributed by atoms with Crippen LogP contribution in [0, 0.1) is 6.92 Å². The number of nitrogens with zero attached hydrogens (tertiary/aromatic N) is 6. The second-order valence-electron chi connectivity index (χ2n) is 9.54. The highest BCUT2D eigenvalue weighted by Gasteiger charge is 2.35. The van der Waals surface area contributed by atoms with Crippen molar-refractivity contribution in [2.45, 2.75) is 57.4 Å². The highest BCUT2D eigenvalue weighted by molar-refractivity contribution is 7.93. The van der Waals surface area contributed by atoms with Crippen LogP contribution in [0.5, 0.6) is 11.5 Å². The molecule has 1 aliphatic rings. The van der Waals surface area contributed by atoms with E-state index < -0.39 is 21.4 Å². The van der Waals surface area contributed by atoms with Gasteiger partial charge in [-0.2, -0.15) is 0 Å². The molecule has 0 saturated carbocycles. The van der Waals surface area contributed by atoms with Gasteiger partial charge in [-0.3, -0.25) is 14.1 Å². The highest BCUT2D eigenvalue weighted by atomic mass is 32.2. The summed E-state index contributed by atoms with van der Waals surface area (Å²) in [5.41, 5.74) is 1.23. The fourth-order valence-corrected chi connectivity index (χ4v) is 5.72. The average molecular weight is 574 g/mol. The first-order valence-electron chi connectivity index (χ1n) is 13.0. The van der Waals surface area contributed by atoms with E-state index in [1.165, 1.54) is 32.8 Å².